The SMILES string of the molecule is CC1(CN)CCN(C(=O)c2ccccc2Oc2cccc(Br)c2)C1.Cl. The monoisotopic (exact) mass is 424 g/mol. The van der Waals surface area contributed by atoms with Gasteiger partial charge in [-0.3, -0.25) is 4.79 Å². The van der Waals surface area contributed by atoms with Crippen molar-refractivity contribution in [3.63, 3.8) is 0 Å². The Labute approximate surface area is 162 Å². The first kappa shape index (κ1) is 19.8. The minimum absolute atomic E-state index is 0. The van der Waals surface area contributed by atoms with Crippen molar-refractivity contribution in [2.75, 3.05) is 19.6 Å². The minimum atomic E-state index is -0.00206. The Morgan fingerprint density at radius 1 is 1.28 bits per heavy atom. The third-order valence-corrected chi connectivity index (χ3v) is 4.97. The maximum absolute atomic E-state index is 12.9. The molecule has 0 radical (unpaired) electrons. The quantitative estimate of drug-likeness (QED) is 0.786. The van der Waals surface area contributed by atoms with Gasteiger partial charge in [-0.1, -0.05) is 41.1 Å². The van der Waals surface area contributed by atoms with Gasteiger partial charge in [-0.2, -0.15) is 0 Å². The van der Waals surface area contributed by atoms with Crippen LogP contribution in [-0.4, -0.2) is 30.4 Å². The number of rotatable bonds is 4. The van der Waals surface area contributed by atoms with Gasteiger partial charge in [0.2, 0.25) is 0 Å². The van der Waals surface area contributed by atoms with Crippen molar-refractivity contribution in [3.05, 3.63) is 58.6 Å². The van der Waals surface area contributed by atoms with Crippen LogP contribution in [0.1, 0.15) is 23.7 Å². The molecule has 0 aromatic heterocycles. The van der Waals surface area contributed by atoms with E-state index in [0.717, 1.165) is 17.4 Å². The average Bonchev–Trinajstić information content (AvgIpc) is 2.98. The van der Waals surface area contributed by atoms with Gasteiger partial charge in [0.05, 0.1) is 5.56 Å². The molecule has 1 heterocycles. The fourth-order valence-electron chi connectivity index (χ4n) is 2.92. The van der Waals surface area contributed by atoms with Gasteiger partial charge in [-0.15, -0.1) is 12.4 Å². The zero-order valence-electron chi connectivity index (χ0n) is 14.1. The topological polar surface area (TPSA) is 55.6 Å². The number of likely N-dealkylation sites (tertiary alicyclic amines) is 1. The number of ether oxygens (including phenoxy) is 1. The predicted molar refractivity (Wildman–Crippen MR) is 106 cm³/mol. The molecule has 1 atom stereocenters. The first-order chi connectivity index (χ1) is 11.5. The summed E-state index contributed by atoms with van der Waals surface area (Å²) in [7, 11) is 0. The molecule has 134 valence electrons. The van der Waals surface area contributed by atoms with E-state index < -0.39 is 0 Å². The summed E-state index contributed by atoms with van der Waals surface area (Å²) >= 11 is 3.43. The van der Waals surface area contributed by atoms with Crippen molar-refractivity contribution in [2.24, 2.45) is 11.1 Å². The lowest BCUT2D eigenvalue weighted by Gasteiger charge is -2.23. The molecule has 2 aromatic carbocycles. The van der Waals surface area contributed by atoms with E-state index in [1.54, 1.807) is 0 Å². The molecule has 1 aliphatic rings. The van der Waals surface area contributed by atoms with Crippen LogP contribution in [0.2, 0.25) is 0 Å². The van der Waals surface area contributed by atoms with Crippen molar-refractivity contribution >= 4 is 34.2 Å². The van der Waals surface area contributed by atoms with Crippen LogP contribution in [0.4, 0.5) is 0 Å². The lowest BCUT2D eigenvalue weighted by atomic mass is 9.90. The molecule has 1 fully saturated rings. The summed E-state index contributed by atoms with van der Waals surface area (Å²) in [5.74, 6) is 1.26. The number of benzene rings is 2. The van der Waals surface area contributed by atoms with Crippen LogP contribution < -0.4 is 10.5 Å². The predicted octanol–water partition coefficient (Wildman–Crippen LogP) is 4.47. The van der Waals surface area contributed by atoms with Crippen LogP contribution >= 0.6 is 28.3 Å². The van der Waals surface area contributed by atoms with E-state index in [1.807, 2.05) is 53.4 Å². The Kier molecular flexibility index (Phi) is 6.49. The molecule has 3 rings (SSSR count). The number of amides is 1. The molecule has 2 aromatic rings. The molecule has 1 aliphatic heterocycles. The molecule has 25 heavy (non-hydrogen) atoms. The van der Waals surface area contributed by atoms with E-state index >= 15 is 0 Å². The lowest BCUT2D eigenvalue weighted by Crippen LogP contribution is -2.34. The highest BCUT2D eigenvalue weighted by atomic mass is 79.9. The van der Waals surface area contributed by atoms with Gasteiger partial charge in [0.1, 0.15) is 11.5 Å². The van der Waals surface area contributed by atoms with E-state index in [2.05, 4.69) is 22.9 Å². The van der Waals surface area contributed by atoms with Crippen molar-refractivity contribution in [3.8, 4) is 11.5 Å². The fraction of sp³-hybridized carbons (Fsp3) is 0.316. The van der Waals surface area contributed by atoms with Crippen LogP contribution in [0.5, 0.6) is 11.5 Å². The van der Waals surface area contributed by atoms with Crippen LogP contribution in [-0.2, 0) is 0 Å². The molecule has 0 saturated carbocycles. The second kappa shape index (κ2) is 8.21. The summed E-state index contributed by atoms with van der Waals surface area (Å²) < 4.78 is 6.88. The Morgan fingerprint density at radius 2 is 2.04 bits per heavy atom. The van der Waals surface area contributed by atoms with Crippen LogP contribution in [0.15, 0.2) is 53.0 Å². The minimum Gasteiger partial charge on any atom is -0.456 e. The van der Waals surface area contributed by atoms with Crippen molar-refractivity contribution in [1.29, 1.82) is 0 Å². The third kappa shape index (κ3) is 4.54. The second-order valence-corrected chi connectivity index (χ2v) is 7.46. The maximum Gasteiger partial charge on any atom is 0.257 e. The standard InChI is InChI=1S/C19H21BrN2O2.ClH/c1-19(12-21)9-10-22(13-19)18(23)16-7-2-3-8-17(16)24-15-6-4-5-14(20)11-15;/h2-8,11H,9-10,12-13,21H2,1H3;1H. The van der Waals surface area contributed by atoms with Crippen LogP contribution in [0.25, 0.3) is 0 Å². The highest BCUT2D eigenvalue weighted by molar-refractivity contribution is 9.10. The number of halogens is 2. The summed E-state index contributed by atoms with van der Waals surface area (Å²) in [4.78, 5) is 14.8. The molecular formula is C19H22BrClN2O2. The lowest BCUT2D eigenvalue weighted by molar-refractivity contribution is 0.0774. The van der Waals surface area contributed by atoms with Crippen LogP contribution in [0.3, 0.4) is 0 Å². The van der Waals surface area contributed by atoms with E-state index in [-0.39, 0.29) is 23.7 Å². The van der Waals surface area contributed by atoms with E-state index in [9.17, 15) is 4.79 Å². The average molecular weight is 426 g/mol. The number of nitrogens with zero attached hydrogens (tertiary/aromatic N) is 1. The van der Waals surface area contributed by atoms with Gasteiger partial charge in [0, 0.05) is 17.6 Å². The summed E-state index contributed by atoms with van der Waals surface area (Å²) in [6, 6.07) is 15.0. The smallest absolute Gasteiger partial charge is 0.257 e. The van der Waals surface area contributed by atoms with E-state index in [0.29, 0.717) is 30.2 Å². The van der Waals surface area contributed by atoms with E-state index in [1.165, 1.54) is 0 Å². The van der Waals surface area contributed by atoms with Gasteiger partial charge >= 0.3 is 0 Å². The van der Waals surface area contributed by atoms with Gasteiger partial charge in [0.25, 0.3) is 5.91 Å². The van der Waals surface area contributed by atoms with Gasteiger partial charge < -0.3 is 15.4 Å². The highest BCUT2D eigenvalue weighted by Gasteiger charge is 2.35. The number of para-hydroxylation sites is 1. The van der Waals surface area contributed by atoms with Crippen LogP contribution in [0, 0.1) is 5.41 Å². The first-order valence-electron chi connectivity index (χ1n) is 8.03. The Morgan fingerprint density at radius 3 is 2.72 bits per heavy atom. The molecule has 1 unspecified atom stereocenters. The zero-order valence-corrected chi connectivity index (χ0v) is 16.5. The second-order valence-electron chi connectivity index (χ2n) is 6.55. The molecule has 1 saturated heterocycles. The summed E-state index contributed by atoms with van der Waals surface area (Å²) in [5.41, 5.74) is 6.44. The molecule has 0 spiro atoms. The maximum atomic E-state index is 12.9. The van der Waals surface area contributed by atoms with Crippen molar-refractivity contribution < 1.29 is 9.53 Å². The molecule has 1 amide bonds. The number of carbonyl (C=O) groups is 1. The highest BCUT2D eigenvalue weighted by Crippen LogP contribution is 2.32. The van der Waals surface area contributed by atoms with Gasteiger partial charge in [0.15, 0.2) is 0 Å². The molecule has 0 bridgehead atoms. The Hall–Kier alpha value is -1.56. The van der Waals surface area contributed by atoms with Crippen molar-refractivity contribution in [1.82, 2.24) is 4.90 Å². The summed E-state index contributed by atoms with van der Waals surface area (Å²) in [6.45, 7) is 4.14. The number of hydrogen-bond donors (Lipinski definition) is 1. The Balaban J connectivity index is 0.00000225. The largest absolute Gasteiger partial charge is 0.456 e. The molecule has 6 heteroatoms. The normalized spacial score (nSPS) is 19.4. The molecule has 2 N–H and O–H groups in total. The van der Waals surface area contributed by atoms with Gasteiger partial charge in [-0.25, -0.2) is 0 Å². The third-order valence-electron chi connectivity index (χ3n) is 4.48. The number of hydrogen-bond acceptors (Lipinski definition) is 3. The van der Waals surface area contributed by atoms with Crippen molar-refractivity contribution in [2.45, 2.75) is 13.3 Å². The van der Waals surface area contributed by atoms with Gasteiger partial charge in [-0.05, 0) is 48.7 Å². The summed E-state index contributed by atoms with van der Waals surface area (Å²) in [6.07, 6.45) is 0.934. The van der Waals surface area contributed by atoms with E-state index in [4.69, 9.17) is 10.5 Å². The summed E-state index contributed by atoms with van der Waals surface area (Å²) in [5, 5.41) is 0. The molecule has 0 aliphatic carbocycles. The first-order valence-corrected chi connectivity index (χ1v) is 8.82. The molecular weight excluding hydrogens is 404 g/mol. The number of nitrogens with two attached hydrogens (primary N) is 1. The fourth-order valence-corrected chi connectivity index (χ4v) is 3.30. The zero-order chi connectivity index (χ0) is 17.2. The number of carbonyl (C=O) groups excluding carboxylic acids is 1. The molecule has 4 nitrogen and oxygen atoms in total. The Bertz CT molecular complexity index is 756.